The second kappa shape index (κ2) is 7.16. The van der Waals surface area contributed by atoms with Crippen LogP contribution in [0.5, 0.6) is 0 Å². The zero-order valence-corrected chi connectivity index (χ0v) is 14.7. The lowest BCUT2D eigenvalue weighted by molar-refractivity contribution is -0.128. The molecule has 3 aliphatic rings. The van der Waals surface area contributed by atoms with E-state index >= 15 is 0 Å². The summed E-state index contributed by atoms with van der Waals surface area (Å²) in [5, 5.41) is 6.56. The second-order valence-corrected chi connectivity index (χ2v) is 7.71. The summed E-state index contributed by atoms with van der Waals surface area (Å²) in [6.07, 6.45) is 7.64. The van der Waals surface area contributed by atoms with E-state index in [2.05, 4.69) is 10.6 Å². The van der Waals surface area contributed by atoms with Crippen LogP contribution in [-0.4, -0.2) is 35.3 Å². The number of rotatable bonds is 4. The van der Waals surface area contributed by atoms with Crippen LogP contribution >= 0.6 is 0 Å². The minimum atomic E-state index is -0.0602. The van der Waals surface area contributed by atoms with Gasteiger partial charge in [0.2, 0.25) is 11.8 Å². The fraction of sp³-hybridized carbons (Fsp3) is 0.600. The molecular formula is C20H27N3O2. The van der Waals surface area contributed by atoms with Crippen molar-refractivity contribution in [1.82, 2.24) is 10.2 Å². The predicted molar refractivity (Wildman–Crippen MR) is 97.0 cm³/mol. The Morgan fingerprint density at radius 1 is 1.16 bits per heavy atom. The van der Waals surface area contributed by atoms with Crippen LogP contribution in [0.1, 0.15) is 50.5 Å². The maximum atomic E-state index is 12.5. The monoisotopic (exact) mass is 341 g/mol. The van der Waals surface area contributed by atoms with Crippen LogP contribution in [0.4, 0.5) is 5.69 Å². The number of hydrogen-bond donors (Lipinski definition) is 2. The average molecular weight is 341 g/mol. The number of amides is 2. The molecule has 134 valence electrons. The fourth-order valence-corrected chi connectivity index (χ4v) is 4.54. The van der Waals surface area contributed by atoms with Gasteiger partial charge >= 0.3 is 0 Å². The minimum absolute atomic E-state index is 0.0602. The van der Waals surface area contributed by atoms with Gasteiger partial charge in [-0.05, 0) is 49.3 Å². The van der Waals surface area contributed by atoms with Crippen molar-refractivity contribution in [1.29, 1.82) is 0 Å². The van der Waals surface area contributed by atoms with E-state index in [1.807, 2.05) is 29.2 Å². The first kappa shape index (κ1) is 16.6. The van der Waals surface area contributed by atoms with E-state index in [4.69, 9.17) is 0 Å². The van der Waals surface area contributed by atoms with Crippen molar-refractivity contribution in [3.05, 3.63) is 29.8 Å². The van der Waals surface area contributed by atoms with Crippen LogP contribution in [0.25, 0.3) is 0 Å². The fourth-order valence-electron chi connectivity index (χ4n) is 4.54. The Kier molecular flexibility index (Phi) is 4.75. The first-order valence-electron chi connectivity index (χ1n) is 9.63. The van der Waals surface area contributed by atoms with Crippen molar-refractivity contribution in [3.63, 3.8) is 0 Å². The Morgan fingerprint density at radius 3 is 2.68 bits per heavy atom. The van der Waals surface area contributed by atoms with Crippen LogP contribution < -0.4 is 10.6 Å². The van der Waals surface area contributed by atoms with Crippen molar-refractivity contribution >= 4 is 17.5 Å². The Balaban J connectivity index is 1.31. The van der Waals surface area contributed by atoms with E-state index in [0.29, 0.717) is 24.9 Å². The number of anilines is 1. The highest BCUT2D eigenvalue weighted by molar-refractivity contribution is 5.95. The average Bonchev–Trinajstić information content (AvgIpc) is 3.23. The summed E-state index contributed by atoms with van der Waals surface area (Å²) < 4.78 is 0. The number of fused-ring (bicyclic) bond motifs is 1. The van der Waals surface area contributed by atoms with Gasteiger partial charge in [-0.25, -0.2) is 0 Å². The Bertz CT molecular complexity index is 629. The van der Waals surface area contributed by atoms with Gasteiger partial charge in [0, 0.05) is 31.2 Å². The summed E-state index contributed by atoms with van der Waals surface area (Å²) in [4.78, 5) is 26.1. The zero-order valence-electron chi connectivity index (χ0n) is 14.7. The third-order valence-electron chi connectivity index (χ3n) is 5.95. The van der Waals surface area contributed by atoms with Gasteiger partial charge in [-0.1, -0.05) is 25.0 Å². The molecule has 0 aromatic heterocycles. The molecule has 5 heteroatoms. The predicted octanol–water partition coefficient (Wildman–Crippen LogP) is 2.67. The molecule has 2 aliphatic heterocycles. The lowest BCUT2D eigenvalue weighted by atomic mass is 9.85. The molecule has 5 nitrogen and oxygen atoms in total. The number of carbonyl (C=O) groups excluding carboxylic acids is 2. The van der Waals surface area contributed by atoms with E-state index in [9.17, 15) is 9.59 Å². The zero-order chi connectivity index (χ0) is 17.2. The Morgan fingerprint density at radius 2 is 1.96 bits per heavy atom. The summed E-state index contributed by atoms with van der Waals surface area (Å²) in [5.41, 5.74) is 1.94. The standard InChI is InChI=1S/C20H27N3O2/c24-19-6-3-11-23(19)13-14-7-9-16(10-8-14)21-20(25)18-12-15-4-1-2-5-17(15)22-18/h7-10,15,17-18,22H,1-6,11-13H2,(H,21,25). The van der Waals surface area contributed by atoms with Gasteiger partial charge in [-0.3, -0.25) is 9.59 Å². The van der Waals surface area contributed by atoms with E-state index in [1.165, 1.54) is 25.7 Å². The molecule has 0 spiro atoms. The molecule has 0 radical (unpaired) electrons. The smallest absolute Gasteiger partial charge is 0.241 e. The molecule has 2 saturated heterocycles. The molecule has 4 rings (SSSR count). The molecule has 3 atom stereocenters. The van der Waals surface area contributed by atoms with Crippen LogP contribution in [-0.2, 0) is 16.1 Å². The van der Waals surface area contributed by atoms with Crippen molar-refractivity contribution in [2.75, 3.05) is 11.9 Å². The van der Waals surface area contributed by atoms with Crippen molar-refractivity contribution in [2.24, 2.45) is 5.92 Å². The van der Waals surface area contributed by atoms with E-state index in [0.717, 1.165) is 30.6 Å². The maximum absolute atomic E-state index is 12.5. The van der Waals surface area contributed by atoms with Crippen LogP contribution in [0.15, 0.2) is 24.3 Å². The molecule has 1 aliphatic carbocycles. The summed E-state index contributed by atoms with van der Waals surface area (Å²) in [7, 11) is 0. The Hall–Kier alpha value is -1.88. The Labute approximate surface area is 149 Å². The molecule has 1 aromatic rings. The van der Waals surface area contributed by atoms with Crippen LogP contribution in [0.2, 0.25) is 0 Å². The largest absolute Gasteiger partial charge is 0.338 e. The molecule has 1 saturated carbocycles. The molecule has 3 fully saturated rings. The highest BCUT2D eigenvalue weighted by Crippen LogP contribution is 2.33. The lowest BCUT2D eigenvalue weighted by Crippen LogP contribution is -2.39. The van der Waals surface area contributed by atoms with Gasteiger partial charge < -0.3 is 15.5 Å². The van der Waals surface area contributed by atoms with Gasteiger partial charge in [0.1, 0.15) is 0 Å². The first-order valence-corrected chi connectivity index (χ1v) is 9.63. The number of benzene rings is 1. The second-order valence-electron chi connectivity index (χ2n) is 7.71. The van der Waals surface area contributed by atoms with Crippen molar-refractivity contribution in [3.8, 4) is 0 Å². The highest BCUT2D eigenvalue weighted by atomic mass is 16.2. The number of nitrogens with one attached hydrogen (secondary N) is 2. The van der Waals surface area contributed by atoms with E-state index < -0.39 is 0 Å². The minimum Gasteiger partial charge on any atom is -0.338 e. The normalized spacial score (nSPS) is 28.9. The molecule has 2 heterocycles. The number of carbonyl (C=O) groups is 2. The molecule has 3 unspecified atom stereocenters. The molecule has 0 bridgehead atoms. The third-order valence-corrected chi connectivity index (χ3v) is 5.95. The van der Waals surface area contributed by atoms with Gasteiger partial charge in [-0.15, -0.1) is 0 Å². The quantitative estimate of drug-likeness (QED) is 0.885. The van der Waals surface area contributed by atoms with E-state index in [1.54, 1.807) is 0 Å². The summed E-state index contributed by atoms with van der Waals surface area (Å²) in [6.45, 7) is 1.52. The SMILES string of the molecule is O=C(Nc1ccc(CN2CCCC2=O)cc1)C1CC2CCCCC2N1. The maximum Gasteiger partial charge on any atom is 0.241 e. The topological polar surface area (TPSA) is 61.4 Å². The van der Waals surface area contributed by atoms with Crippen molar-refractivity contribution in [2.45, 2.75) is 63.6 Å². The molecule has 25 heavy (non-hydrogen) atoms. The van der Waals surface area contributed by atoms with Gasteiger partial charge in [0.15, 0.2) is 0 Å². The first-order chi connectivity index (χ1) is 12.2. The van der Waals surface area contributed by atoms with Gasteiger partial charge in [0.25, 0.3) is 0 Å². The molecule has 1 aromatic carbocycles. The highest BCUT2D eigenvalue weighted by Gasteiger charge is 2.38. The number of likely N-dealkylation sites (tertiary alicyclic amines) is 1. The van der Waals surface area contributed by atoms with Crippen molar-refractivity contribution < 1.29 is 9.59 Å². The van der Waals surface area contributed by atoms with E-state index in [-0.39, 0.29) is 17.9 Å². The van der Waals surface area contributed by atoms with Crippen LogP contribution in [0.3, 0.4) is 0 Å². The summed E-state index contributed by atoms with van der Waals surface area (Å²) in [6, 6.07) is 8.36. The number of hydrogen-bond acceptors (Lipinski definition) is 3. The lowest BCUT2D eigenvalue weighted by Gasteiger charge is -2.24. The van der Waals surface area contributed by atoms with Gasteiger partial charge in [0.05, 0.1) is 6.04 Å². The number of nitrogens with zero attached hydrogens (tertiary/aromatic N) is 1. The molecule has 2 amide bonds. The summed E-state index contributed by atoms with van der Waals surface area (Å²) in [5.74, 6) is 0.993. The van der Waals surface area contributed by atoms with Gasteiger partial charge in [-0.2, -0.15) is 0 Å². The summed E-state index contributed by atoms with van der Waals surface area (Å²) >= 11 is 0. The third kappa shape index (κ3) is 3.71. The van der Waals surface area contributed by atoms with Crippen LogP contribution in [0, 0.1) is 5.92 Å². The molecular weight excluding hydrogens is 314 g/mol. The molecule has 2 N–H and O–H groups in total.